The second-order valence-corrected chi connectivity index (χ2v) is 6.85. The van der Waals surface area contributed by atoms with Crippen molar-refractivity contribution in [2.75, 3.05) is 24.0 Å². The van der Waals surface area contributed by atoms with Crippen LogP contribution in [0.5, 0.6) is 5.75 Å². The topological polar surface area (TPSA) is 135 Å². The van der Waals surface area contributed by atoms with Crippen molar-refractivity contribution in [1.29, 1.82) is 0 Å². The number of benzene rings is 2. The summed E-state index contributed by atoms with van der Waals surface area (Å²) >= 11 is 5.88. The Kier molecular flexibility index (Phi) is 8.14. The van der Waals surface area contributed by atoms with E-state index in [1.165, 1.54) is 12.4 Å². The molecule has 0 radical (unpaired) electrons. The highest BCUT2D eigenvalue weighted by molar-refractivity contribution is 6.32. The monoisotopic (exact) mass is 469 g/mol. The highest BCUT2D eigenvalue weighted by Crippen LogP contribution is 2.18. The van der Waals surface area contributed by atoms with Gasteiger partial charge in [0.15, 0.2) is 6.61 Å². The smallest absolute Gasteiger partial charge is 0.338 e. The lowest BCUT2D eigenvalue weighted by molar-refractivity contribution is -0.118. The van der Waals surface area contributed by atoms with Gasteiger partial charge in [0.05, 0.1) is 24.6 Å². The molecule has 0 spiro atoms. The second kappa shape index (κ2) is 11.4. The highest BCUT2D eigenvalue weighted by atomic mass is 35.5. The predicted molar refractivity (Wildman–Crippen MR) is 124 cm³/mol. The van der Waals surface area contributed by atoms with Crippen molar-refractivity contribution in [3.05, 3.63) is 81.2 Å². The molecule has 10 nitrogen and oxygen atoms in total. The maximum Gasteiger partial charge on any atom is 0.338 e. The van der Waals surface area contributed by atoms with Gasteiger partial charge in [0.25, 0.3) is 11.5 Å². The first-order valence-corrected chi connectivity index (χ1v) is 10.2. The number of ether oxygens (including phenoxy) is 2. The number of nitrogens with zero attached hydrogens (tertiary/aromatic N) is 2. The molecule has 0 aliphatic carbocycles. The van der Waals surface area contributed by atoms with E-state index in [9.17, 15) is 14.4 Å². The Hall–Kier alpha value is -4.18. The predicted octanol–water partition coefficient (Wildman–Crippen LogP) is 3.06. The molecular weight excluding hydrogens is 450 g/mol. The zero-order valence-electron chi connectivity index (χ0n) is 17.5. The molecule has 0 atom stereocenters. The van der Waals surface area contributed by atoms with E-state index in [0.29, 0.717) is 22.6 Å². The lowest BCUT2D eigenvalue weighted by Crippen LogP contribution is -2.20. The van der Waals surface area contributed by atoms with Gasteiger partial charge in [0, 0.05) is 11.3 Å². The Labute approximate surface area is 193 Å². The summed E-state index contributed by atoms with van der Waals surface area (Å²) < 4.78 is 10.5. The van der Waals surface area contributed by atoms with Gasteiger partial charge >= 0.3 is 5.97 Å². The summed E-state index contributed by atoms with van der Waals surface area (Å²) in [6, 6.07) is 13.3. The fourth-order valence-corrected chi connectivity index (χ4v) is 2.73. The fourth-order valence-electron chi connectivity index (χ4n) is 2.60. The average Bonchev–Trinajstić information content (AvgIpc) is 2.82. The fraction of sp³-hybridized carbons (Fsp3) is 0.136. The molecule has 0 fully saturated rings. The minimum atomic E-state index is -0.540. The summed E-state index contributed by atoms with van der Waals surface area (Å²) in [6.07, 6.45) is 2.78. The minimum Gasteiger partial charge on any atom is -0.483 e. The standard InChI is InChI=1S/C22H20ClN5O5/c1-2-32-22(31)14-7-9-16(10-8-14)26-19(29)13-33-18-6-4-3-5-15(18)11-24-27-17-12-25-28-21(30)20(17)23/h3-12H,2,13H2,1H3,(H,26,29)(H2,27,28,30)/b24-11-. The second-order valence-electron chi connectivity index (χ2n) is 6.47. The number of halogens is 1. The molecule has 1 aromatic heterocycles. The van der Waals surface area contributed by atoms with Crippen LogP contribution < -0.4 is 21.0 Å². The largest absolute Gasteiger partial charge is 0.483 e. The number of hydrogen-bond acceptors (Lipinski definition) is 8. The molecule has 3 rings (SSSR count). The number of carbonyl (C=O) groups excluding carboxylic acids is 2. The van der Waals surface area contributed by atoms with Crippen molar-refractivity contribution >= 4 is 41.1 Å². The number of rotatable bonds is 9. The van der Waals surface area contributed by atoms with Crippen molar-refractivity contribution in [3.8, 4) is 5.75 Å². The molecule has 0 aliphatic heterocycles. The number of para-hydroxylation sites is 1. The van der Waals surface area contributed by atoms with Crippen LogP contribution in [0.3, 0.4) is 0 Å². The first-order chi connectivity index (χ1) is 16.0. The van der Waals surface area contributed by atoms with E-state index in [1.54, 1.807) is 55.5 Å². The van der Waals surface area contributed by atoms with Gasteiger partial charge in [-0.15, -0.1) is 0 Å². The van der Waals surface area contributed by atoms with Crippen LogP contribution in [0.4, 0.5) is 11.4 Å². The van der Waals surface area contributed by atoms with E-state index < -0.39 is 11.5 Å². The van der Waals surface area contributed by atoms with Crippen molar-refractivity contribution in [3.63, 3.8) is 0 Å². The molecule has 1 heterocycles. The lowest BCUT2D eigenvalue weighted by Gasteiger charge is -2.10. The molecule has 0 aliphatic rings. The van der Waals surface area contributed by atoms with Gasteiger partial charge in [-0.1, -0.05) is 23.7 Å². The number of aromatic nitrogens is 2. The van der Waals surface area contributed by atoms with Crippen LogP contribution >= 0.6 is 11.6 Å². The highest BCUT2D eigenvalue weighted by Gasteiger charge is 2.09. The van der Waals surface area contributed by atoms with Gasteiger partial charge in [0.1, 0.15) is 16.5 Å². The van der Waals surface area contributed by atoms with E-state index in [4.69, 9.17) is 21.1 Å². The van der Waals surface area contributed by atoms with Crippen LogP contribution in [0.2, 0.25) is 5.02 Å². The van der Waals surface area contributed by atoms with Gasteiger partial charge < -0.3 is 14.8 Å². The van der Waals surface area contributed by atoms with Crippen LogP contribution in [-0.2, 0) is 9.53 Å². The normalized spacial score (nSPS) is 10.6. The van der Waals surface area contributed by atoms with Crippen molar-refractivity contribution in [1.82, 2.24) is 10.2 Å². The molecular formula is C22H20ClN5O5. The summed E-state index contributed by atoms with van der Waals surface area (Å²) in [5.41, 5.74) is 3.83. The minimum absolute atomic E-state index is 0.0707. The Bertz CT molecular complexity index is 1210. The van der Waals surface area contributed by atoms with Crippen LogP contribution in [0, 0.1) is 0 Å². The molecule has 2 aromatic carbocycles. The summed E-state index contributed by atoms with van der Waals surface area (Å²) in [5.74, 6) is -0.389. The van der Waals surface area contributed by atoms with Crippen LogP contribution in [0.25, 0.3) is 0 Å². The van der Waals surface area contributed by atoms with E-state index in [2.05, 4.69) is 26.0 Å². The Morgan fingerprint density at radius 2 is 1.94 bits per heavy atom. The van der Waals surface area contributed by atoms with Gasteiger partial charge in [-0.3, -0.25) is 15.0 Å². The van der Waals surface area contributed by atoms with E-state index in [0.717, 1.165) is 0 Å². The summed E-state index contributed by atoms with van der Waals surface area (Å²) in [4.78, 5) is 35.4. The molecule has 11 heteroatoms. The number of amides is 1. The number of hydrogen-bond donors (Lipinski definition) is 3. The third-order valence-corrected chi connectivity index (χ3v) is 4.52. The molecule has 1 amide bonds. The first kappa shape index (κ1) is 23.5. The summed E-state index contributed by atoms with van der Waals surface area (Å²) in [6.45, 7) is 1.77. The number of esters is 1. The maximum atomic E-state index is 12.3. The van der Waals surface area contributed by atoms with Crippen LogP contribution in [-0.4, -0.2) is 41.5 Å². The molecule has 0 bridgehead atoms. The van der Waals surface area contributed by atoms with E-state index in [1.807, 2.05) is 0 Å². The van der Waals surface area contributed by atoms with Gasteiger partial charge in [-0.25, -0.2) is 9.89 Å². The van der Waals surface area contributed by atoms with Gasteiger partial charge in [-0.2, -0.15) is 10.2 Å². The lowest BCUT2D eigenvalue weighted by atomic mass is 10.2. The summed E-state index contributed by atoms with van der Waals surface area (Å²) in [5, 5.41) is 12.5. The van der Waals surface area contributed by atoms with Gasteiger partial charge in [-0.05, 0) is 43.3 Å². The van der Waals surface area contributed by atoms with Crippen LogP contribution in [0.15, 0.2) is 64.6 Å². The zero-order valence-corrected chi connectivity index (χ0v) is 18.3. The number of anilines is 2. The third kappa shape index (κ3) is 6.65. The quantitative estimate of drug-likeness (QED) is 0.249. The van der Waals surface area contributed by atoms with Gasteiger partial charge in [0.2, 0.25) is 0 Å². The summed E-state index contributed by atoms with van der Waals surface area (Å²) in [7, 11) is 0. The molecule has 0 unspecified atom stereocenters. The maximum absolute atomic E-state index is 12.3. The van der Waals surface area contributed by atoms with E-state index >= 15 is 0 Å². The number of nitrogens with one attached hydrogen (secondary N) is 3. The zero-order chi connectivity index (χ0) is 23.6. The molecule has 0 saturated carbocycles. The number of carbonyl (C=O) groups is 2. The Morgan fingerprint density at radius 1 is 1.18 bits per heavy atom. The third-order valence-electron chi connectivity index (χ3n) is 4.14. The molecule has 3 aromatic rings. The SMILES string of the molecule is CCOC(=O)c1ccc(NC(=O)COc2ccccc2/C=N\Nc2cn[nH]c(=O)c2Cl)cc1. The number of hydrazone groups is 1. The average molecular weight is 470 g/mol. The number of aromatic amines is 1. The molecule has 3 N–H and O–H groups in total. The van der Waals surface area contributed by atoms with Crippen molar-refractivity contribution < 1.29 is 19.1 Å². The molecule has 33 heavy (non-hydrogen) atoms. The Balaban J connectivity index is 1.57. The van der Waals surface area contributed by atoms with Crippen molar-refractivity contribution in [2.24, 2.45) is 5.10 Å². The molecule has 170 valence electrons. The van der Waals surface area contributed by atoms with Crippen molar-refractivity contribution in [2.45, 2.75) is 6.92 Å². The van der Waals surface area contributed by atoms with E-state index in [-0.39, 0.29) is 29.8 Å². The Morgan fingerprint density at radius 3 is 2.70 bits per heavy atom. The number of H-pyrrole nitrogens is 1. The molecule has 0 saturated heterocycles. The first-order valence-electron chi connectivity index (χ1n) is 9.79. The van der Waals surface area contributed by atoms with Crippen LogP contribution in [0.1, 0.15) is 22.8 Å².